The van der Waals surface area contributed by atoms with Gasteiger partial charge in [-0.1, -0.05) is 0 Å². The van der Waals surface area contributed by atoms with Gasteiger partial charge in [-0.25, -0.2) is 0 Å². The van der Waals surface area contributed by atoms with Gasteiger partial charge in [0.25, 0.3) is 0 Å². The Hall–Kier alpha value is -1.75. The smallest absolute Gasteiger partial charge is 0.157 e. The maximum atomic E-state index is 5.72. The molecule has 0 atom stereocenters. The van der Waals surface area contributed by atoms with Crippen LogP contribution in [0.4, 0.5) is 0 Å². The average Bonchev–Trinajstić information content (AvgIpc) is 3.02. The van der Waals surface area contributed by atoms with Crippen molar-refractivity contribution in [2.24, 2.45) is 7.05 Å². The van der Waals surface area contributed by atoms with Crippen LogP contribution in [0.25, 0.3) is 0 Å². The molecule has 2 heterocycles. The highest BCUT2D eigenvalue weighted by molar-refractivity contribution is 5.21. The summed E-state index contributed by atoms with van der Waals surface area (Å²) < 4.78 is 13.1. The molecule has 0 bridgehead atoms. The molecule has 1 aliphatic carbocycles. The van der Waals surface area contributed by atoms with E-state index >= 15 is 0 Å². The SMILES string of the molecule is Cc1oc(CNC2CC2)cc1COc1cnn(C)c1. The molecule has 19 heavy (non-hydrogen) atoms. The Morgan fingerprint density at radius 1 is 1.53 bits per heavy atom. The third kappa shape index (κ3) is 3.17. The number of nitrogens with zero attached hydrogens (tertiary/aromatic N) is 2. The van der Waals surface area contributed by atoms with E-state index in [-0.39, 0.29) is 0 Å². The van der Waals surface area contributed by atoms with E-state index in [1.54, 1.807) is 10.9 Å². The van der Waals surface area contributed by atoms with E-state index in [0.717, 1.165) is 29.4 Å². The molecule has 2 aromatic heterocycles. The first-order chi connectivity index (χ1) is 9.20. The lowest BCUT2D eigenvalue weighted by atomic mass is 10.2. The zero-order valence-corrected chi connectivity index (χ0v) is 11.3. The number of furan rings is 1. The normalized spacial score (nSPS) is 14.8. The van der Waals surface area contributed by atoms with Crippen LogP contribution in [0.15, 0.2) is 22.9 Å². The van der Waals surface area contributed by atoms with Crippen LogP contribution in [0, 0.1) is 6.92 Å². The van der Waals surface area contributed by atoms with Gasteiger partial charge in [0.05, 0.1) is 18.9 Å². The fourth-order valence-corrected chi connectivity index (χ4v) is 1.98. The van der Waals surface area contributed by atoms with Crippen LogP contribution in [0.5, 0.6) is 5.75 Å². The lowest BCUT2D eigenvalue weighted by molar-refractivity contribution is 0.302. The number of ether oxygens (including phenoxy) is 1. The topological polar surface area (TPSA) is 52.2 Å². The molecule has 0 spiro atoms. The lowest BCUT2D eigenvalue weighted by Gasteiger charge is -2.00. The van der Waals surface area contributed by atoms with Crippen molar-refractivity contribution in [2.45, 2.75) is 39.0 Å². The molecule has 1 aliphatic rings. The van der Waals surface area contributed by atoms with Crippen molar-refractivity contribution >= 4 is 0 Å². The zero-order valence-electron chi connectivity index (χ0n) is 11.3. The van der Waals surface area contributed by atoms with E-state index in [0.29, 0.717) is 12.6 Å². The molecular weight excluding hydrogens is 242 g/mol. The molecule has 0 amide bonds. The minimum atomic E-state index is 0.518. The maximum Gasteiger partial charge on any atom is 0.157 e. The Morgan fingerprint density at radius 3 is 3.05 bits per heavy atom. The summed E-state index contributed by atoms with van der Waals surface area (Å²) in [4.78, 5) is 0. The summed E-state index contributed by atoms with van der Waals surface area (Å²) in [6.07, 6.45) is 6.14. The largest absolute Gasteiger partial charge is 0.485 e. The van der Waals surface area contributed by atoms with E-state index < -0.39 is 0 Å². The second-order valence-corrected chi connectivity index (χ2v) is 5.09. The third-order valence-electron chi connectivity index (χ3n) is 3.29. The van der Waals surface area contributed by atoms with E-state index in [9.17, 15) is 0 Å². The highest BCUT2D eigenvalue weighted by Crippen LogP contribution is 2.21. The Morgan fingerprint density at radius 2 is 2.37 bits per heavy atom. The molecule has 3 rings (SSSR count). The summed E-state index contributed by atoms with van der Waals surface area (Å²) in [5.41, 5.74) is 1.09. The second kappa shape index (κ2) is 5.09. The minimum absolute atomic E-state index is 0.518. The molecule has 0 unspecified atom stereocenters. The van der Waals surface area contributed by atoms with Crippen molar-refractivity contribution in [1.82, 2.24) is 15.1 Å². The Kier molecular flexibility index (Phi) is 3.29. The van der Waals surface area contributed by atoms with Crippen molar-refractivity contribution in [3.05, 3.63) is 35.5 Å². The predicted molar refractivity (Wildman–Crippen MR) is 70.8 cm³/mol. The maximum absolute atomic E-state index is 5.72. The lowest BCUT2D eigenvalue weighted by Crippen LogP contribution is -2.14. The van der Waals surface area contributed by atoms with Crippen LogP contribution in [0.3, 0.4) is 0 Å². The molecule has 1 N–H and O–H groups in total. The van der Waals surface area contributed by atoms with Crippen LogP contribution in [-0.4, -0.2) is 15.8 Å². The van der Waals surface area contributed by atoms with Gasteiger partial charge in [-0.05, 0) is 25.8 Å². The molecular formula is C14H19N3O2. The van der Waals surface area contributed by atoms with Crippen molar-refractivity contribution in [3.63, 3.8) is 0 Å². The van der Waals surface area contributed by atoms with Crippen molar-refractivity contribution in [1.29, 1.82) is 0 Å². The van der Waals surface area contributed by atoms with Gasteiger partial charge in [0.2, 0.25) is 0 Å². The number of rotatable bonds is 6. The van der Waals surface area contributed by atoms with E-state index in [1.165, 1.54) is 12.8 Å². The molecule has 5 nitrogen and oxygen atoms in total. The van der Waals surface area contributed by atoms with Crippen molar-refractivity contribution < 1.29 is 9.15 Å². The quantitative estimate of drug-likeness (QED) is 0.865. The van der Waals surface area contributed by atoms with Gasteiger partial charge in [-0.3, -0.25) is 4.68 Å². The molecule has 0 saturated heterocycles. The number of aromatic nitrogens is 2. The molecule has 102 valence electrons. The van der Waals surface area contributed by atoms with Gasteiger partial charge in [0, 0.05) is 18.7 Å². The highest BCUT2D eigenvalue weighted by atomic mass is 16.5. The molecule has 1 fully saturated rings. The predicted octanol–water partition coefficient (Wildman–Crippen LogP) is 2.15. The van der Waals surface area contributed by atoms with Gasteiger partial charge in [0.15, 0.2) is 5.75 Å². The summed E-state index contributed by atoms with van der Waals surface area (Å²) >= 11 is 0. The van der Waals surface area contributed by atoms with Crippen LogP contribution in [0.2, 0.25) is 0 Å². The van der Waals surface area contributed by atoms with Gasteiger partial charge in [-0.2, -0.15) is 5.10 Å². The molecule has 0 aromatic carbocycles. The fraction of sp³-hybridized carbons (Fsp3) is 0.500. The first-order valence-electron chi connectivity index (χ1n) is 6.64. The zero-order chi connectivity index (χ0) is 13.2. The summed E-state index contributed by atoms with van der Waals surface area (Å²) in [5, 5.41) is 7.51. The van der Waals surface area contributed by atoms with Crippen LogP contribution in [0.1, 0.15) is 29.9 Å². The van der Waals surface area contributed by atoms with Crippen molar-refractivity contribution in [3.8, 4) is 5.75 Å². The number of aryl methyl sites for hydroxylation is 2. The van der Waals surface area contributed by atoms with E-state index in [2.05, 4.69) is 16.5 Å². The molecule has 0 radical (unpaired) electrons. The molecule has 5 heteroatoms. The Labute approximate surface area is 112 Å². The summed E-state index contributed by atoms with van der Waals surface area (Å²) in [6, 6.07) is 2.77. The Bertz CT molecular complexity index is 555. The van der Waals surface area contributed by atoms with E-state index in [4.69, 9.17) is 9.15 Å². The number of hydrogen-bond acceptors (Lipinski definition) is 4. The van der Waals surface area contributed by atoms with Gasteiger partial charge >= 0.3 is 0 Å². The van der Waals surface area contributed by atoms with E-state index in [1.807, 2.05) is 20.2 Å². The second-order valence-electron chi connectivity index (χ2n) is 5.09. The van der Waals surface area contributed by atoms with Crippen LogP contribution < -0.4 is 10.1 Å². The fourth-order valence-electron chi connectivity index (χ4n) is 1.98. The van der Waals surface area contributed by atoms with Crippen LogP contribution >= 0.6 is 0 Å². The molecule has 1 saturated carbocycles. The van der Waals surface area contributed by atoms with Gasteiger partial charge in [-0.15, -0.1) is 0 Å². The standard InChI is InChI=1S/C14H19N3O2/c1-10-11(9-18-14-7-16-17(2)8-14)5-13(19-10)6-15-12-3-4-12/h5,7-8,12,15H,3-4,6,9H2,1-2H3. The van der Waals surface area contributed by atoms with Crippen LogP contribution in [-0.2, 0) is 20.2 Å². The van der Waals surface area contributed by atoms with Crippen molar-refractivity contribution in [2.75, 3.05) is 0 Å². The highest BCUT2D eigenvalue weighted by Gasteiger charge is 2.20. The molecule has 2 aromatic rings. The average molecular weight is 261 g/mol. The van der Waals surface area contributed by atoms with Gasteiger partial charge in [0.1, 0.15) is 18.1 Å². The van der Waals surface area contributed by atoms with Gasteiger partial charge < -0.3 is 14.5 Å². The Balaban J connectivity index is 1.57. The number of nitrogens with one attached hydrogen (secondary N) is 1. The number of hydrogen-bond donors (Lipinski definition) is 1. The monoisotopic (exact) mass is 261 g/mol. The molecule has 0 aliphatic heterocycles. The summed E-state index contributed by atoms with van der Waals surface area (Å²) in [7, 11) is 1.87. The first-order valence-corrected chi connectivity index (χ1v) is 6.64. The third-order valence-corrected chi connectivity index (χ3v) is 3.29. The first kappa shape index (κ1) is 12.3. The summed E-state index contributed by atoms with van der Waals surface area (Å²) in [6.45, 7) is 3.30. The minimum Gasteiger partial charge on any atom is -0.485 e. The summed E-state index contributed by atoms with van der Waals surface area (Å²) in [5.74, 6) is 2.69.